The van der Waals surface area contributed by atoms with Crippen LogP contribution in [0.1, 0.15) is 4.88 Å². The molecule has 90 valence electrons. The fourth-order valence-electron chi connectivity index (χ4n) is 1.72. The number of nitrogens with zero attached hydrogens (tertiary/aromatic N) is 1. The molecule has 1 N–H and O–H groups in total. The molecule has 2 heterocycles. The lowest BCUT2D eigenvalue weighted by atomic mass is 10.4. The SMILES string of the molecule is Clc1ccc(CNCCN2CCSCC2)s1. The van der Waals surface area contributed by atoms with Crippen molar-refractivity contribution in [3.8, 4) is 0 Å². The van der Waals surface area contributed by atoms with Crippen LogP contribution in [0.3, 0.4) is 0 Å². The van der Waals surface area contributed by atoms with Crippen LogP contribution in [0.2, 0.25) is 4.34 Å². The zero-order chi connectivity index (χ0) is 11.2. The van der Waals surface area contributed by atoms with Gasteiger partial charge in [-0.05, 0) is 12.1 Å². The Kier molecular flexibility index (Phi) is 5.45. The lowest BCUT2D eigenvalue weighted by Crippen LogP contribution is -2.37. The number of hydrogen-bond donors (Lipinski definition) is 1. The van der Waals surface area contributed by atoms with E-state index >= 15 is 0 Å². The minimum absolute atomic E-state index is 0.879. The van der Waals surface area contributed by atoms with E-state index in [1.807, 2.05) is 6.07 Å². The van der Waals surface area contributed by atoms with Crippen LogP contribution >= 0.6 is 34.7 Å². The van der Waals surface area contributed by atoms with E-state index in [2.05, 4.69) is 28.0 Å². The lowest BCUT2D eigenvalue weighted by Gasteiger charge is -2.25. The normalized spacial score (nSPS) is 17.8. The van der Waals surface area contributed by atoms with Crippen LogP contribution in [0.15, 0.2) is 12.1 Å². The summed E-state index contributed by atoms with van der Waals surface area (Å²) in [4.78, 5) is 3.85. The maximum absolute atomic E-state index is 5.88. The van der Waals surface area contributed by atoms with Crippen LogP contribution in [-0.2, 0) is 6.54 Å². The number of thiophene rings is 1. The van der Waals surface area contributed by atoms with Gasteiger partial charge in [0, 0.05) is 49.1 Å². The Hall–Kier alpha value is 0.260. The molecule has 0 spiro atoms. The molecular weight excluding hydrogens is 260 g/mol. The molecule has 5 heteroatoms. The zero-order valence-corrected chi connectivity index (χ0v) is 11.6. The van der Waals surface area contributed by atoms with E-state index in [-0.39, 0.29) is 0 Å². The smallest absolute Gasteiger partial charge is 0.0931 e. The first-order chi connectivity index (χ1) is 7.84. The summed E-state index contributed by atoms with van der Waals surface area (Å²) in [7, 11) is 0. The van der Waals surface area contributed by atoms with Crippen molar-refractivity contribution in [1.82, 2.24) is 10.2 Å². The molecule has 0 unspecified atom stereocenters. The largest absolute Gasteiger partial charge is 0.311 e. The van der Waals surface area contributed by atoms with Gasteiger partial charge >= 0.3 is 0 Å². The number of thioether (sulfide) groups is 1. The van der Waals surface area contributed by atoms with Crippen LogP contribution in [0.5, 0.6) is 0 Å². The maximum atomic E-state index is 5.88. The molecule has 2 rings (SSSR count). The van der Waals surface area contributed by atoms with Gasteiger partial charge in [0.1, 0.15) is 0 Å². The van der Waals surface area contributed by atoms with Gasteiger partial charge in [-0.3, -0.25) is 0 Å². The van der Waals surface area contributed by atoms with E-state index in [1.54, 1.807) is 11.3 Å². The van der Waals surface area contributed by atoms with Crippen molar-refractivity contribution < 1.29 is 0 Å². The van der Waals surface area contributed by atoms with Crippen molar-refractivity contribution in [3.63, 3.8) is 0 Å². The fourth-order valence-corrected chi connectivity index (χ4v) is 3.76. The highest BCUT2D eigenvalue weighted by Gasteiger charge is 2.08. The summed E-state index contributed by atoms with van der Waals surface area (Å²) in [5, 5.41) is 3.47. The van der Waals surface area contributed by atoms with Crippen molar-refractivity contribution in [2.45, 2.75) is 6.54 Å². The van der Waals surface area contributed by atoms with E-state index in [0.717, 1.165) is 17.4 Å². The second-order valence-electron chi connectivity index (χ2n) is 3.84. The van der Waals surface area contributed by atoms with Crippen molar-refractivity contribution in [1.29, 1.82) is 0 Å². The molecule has 0 aromatic carbocycles. The van der Waals surface area contributed by atoms with Gasteiger partial charge in [-0.25, -0.2) is 0 Å². The Morgan fingerprint density at radius 1 is 1.31 bits per heavy atom. The van der Waals surface area contributed by atoms with Gasteiger partial charge in [0.2, 0.25) is 0 Å². The van der Waals surface area contributed by atoms with Crippen LogP contribution in [-0.4, -0.2) is 42.6 Å². The summed E-state index contributed by atoms with van der Waals surface area (Å²) in [5.41, 5.74) is 0. The molecule has 1 aromatic rings. The molecule has 16 heavy (non-hydrogen) atoms. The minimum Gasteiger partial charge on any atom is -0.311 e. The van der Waals surface area contributed by atoms with Crippen LogP contribution in [0.25, 0.3) is 0 Å². The molecule has 0 bridgehead atoms. The first kappa shape index (κ1) is 12.7. The van der Waals surface area contributed by atoms with Crippen LogP contribution < -0.4 is 5.32 Å². The zero-order valence-electron chi connectivity index (χ0n) is 9.25. The number of rotatable bonds is 5. The molecule has 0 atom stereocenters. The van der Waals surface area contributed by atoms with Gasteiger partial charge in [-0.2, -0.15) is 11.8 Å². The Labute approximate surface area is 110 Å². The monoisotopic (exact) mass is 276 g/mol. The molecule has 1 aliphatic heterocycles. The average molecular weight is 277 g/mol. The summed E-state index contributed by atoms with van der Waals surface area (Å²) in [6, 6.07) is 4.06. The van der Waals surface area contributed by atoms with Gasteiger partial charge in [0.05, 0.1) is 4.34 Å². The second-order valence-corrected chi connectivity index (χ2v) is 6.86. The highest BCUT2D eigenvalue weighted by molar-refractivity contribution is 7.99. The molecular formula is C11H17ClN2S2. The molecule has 0 radical (unpaired) electrons. The fraction of sp³-hybridized carbons (Fsp3) is 0.636. The summed E-state index contributed by atoms with van der Waals surface area (Å²) in [6.45, 7) is 5.67. The molecule has 0 amide bonds. The third-order valence-corrected chi connectivity index (χ3v) is 4.81. The predicted octanol–water partition coefficient (Wildman–Crippen LogP) is 2.54. The van der Waals surface area contributed by atoms with E-state index in [1.165, 1.54) is 36.0 Å². The Balaban J connectivity index is 1.57. The standard InChI is InChI=1S/C11H17ClN2S2/c12-11-2-1-10(16-11)9-13-3-4-14-5-7-15-8-6-14/h1-2,13H,3-9H2. The summed E-state index contributed by atoms with van der Waals surface area (Å²) in [6.07, 6.45) is 0. The second kappa shape index (κ2) is 6.87. The van der Waals surface area contributed by atoms with E-state index in [4.69, 9.17) is 11.6 Å². The average Bonchev–Trinajstić information content (AvgIpc) is 2.72. The number of hydrogen-bond acceptors (Lipinski definition) is 4. The Morgan fingerprint density at radius 3 is 2.81 bits per heavy atom. The molecule has 1 fully saturated rings. The van der Waals surface area contributed by atoms with E-state index < -0.39 is 0 Å². The lowest BCUT2D eigenvalue weighted by molar-refractivity contribution is 0.301. The third-order valence-electron chi connectivity index (χ3n) is 2.64. The van der Waals surface area contributed by atoms with E-state index in [9.17, 15) is 0 Å². The summed E-state index contributed by atoms with van der Waals surface area (Å²) in [5.74, 6) is 2.58. The van der Waals surface area contributed by atoms with Crippen molar-refractivity contribution in [2.24, 2.45) is 0 Å². The van der Waals surface area contributed by atoms with Gasteiger partial charge in [0.25, 0.3) is 0 Å². The van der Waals surface area contributed by atoms with Gasteiger partial charge < -0.3 is 10.2 Å². The highest BCUT2D eigenvalue weighted by Crippen LogP contribution is 2.20. The van der Waals surface area contributed by atoms with E-state index in [0.29, 0.717) is 0 Å². The first-order valence-corrected chi connectivity index (χ1v) is 7.94. The van der Waals surface area contributed by atoms with Gasteiger partial charge in [0.15, 0.2) is 0 Å². The minimum atomic E-state index is 0.879. The van der Waals surface area contributed by atoms with Crippen LogP contribution in [0, 0.1) is 0 Å². The Bertz CT molecular complexity index is 311. The Morgan fingerprint density at radius 2 is 2.12 bits per heavy atom. The maximum Gasteiger partial charge on any atom is 0.0931 e. The molecule has 0 saturated carbocycles. The van der Waals surface area contributed by atoms with Gasteiger partial charge in [-0.1, -0.05) is 11.6 Å². The molecule has 1 saturated heterocycles. The molecule has 1 aromatic heterocycles. The molecule has 2 nitrogen and oxygen atoms in total. The third kappa shape index (κ3) is 4.26. The topological polar surface area (TPSA) is 15.3 Å². The molecule has 1 aliphatic rings. The summed E-state index contributed by atoms with van der Waals surface area (Å²) >= 11 is 9.60. The van der Waals surface area contributed by atoms with Crippen molar-refractivity contribution in [2.75, 3.05) is 37.7 Å². The van der Waals surface area contributed by atoms with Crippen LogP contribution in [0.4, 0.5) is 0 Å². The van der Waals surface area contributed by atoms with Crippen molar-refractivity contribution in [3.05, 3.63) is 21.3 Å². The molecule has 0 aliphatic carbocycles. The van der Waals surface area contributed by atoms with Crippen molar-refractivity contribution >= 4 is 34.7 Å². The summed E-state index contributed by atoms with van der Waals surface area (Å²) < 4.78 is 0.879. The highest BCUT2D eigenvalue weighted by atomic mass is 35.5. The number of nitrogens with one attached hydrogen (secondary N) is 1. The quantitative estimate of drug-likeness (QED) is 0.832. The first-order valence-electron chi connectivity index (χ1n) is 5.59. The van der Waals surface area contributed by atoms with Gasteiger partial charge in [-0.15, -0.1) is 11.3 Å². The predicted molar refractivity (Wildman–Crippen MR) is 74.8 cm³/mol. The number of halogens is 1.